The van der Waals surface area contributed by atoms with Crippen LogP contribution < -0.4 is 10.6 Å². The zero-order chi connectivity index (χ0) is 16.8. The highest BCUT2D eigenvalue weighted by Gasteiger charge is 2.16. The van der Waals surface area contributed by atoms with E-state index in [0.29, 0.717) is 17.6 Å². The van der Waals surface area contributed by atoms with Crippen molar-refractivity contribution in [2.24, 2.45) is 5.92 Å². The molecule has 6 nitrogen and oxygen atoms in total. The van der Waals surface area contributed by atoms with Gasteiger partial charge in [-0.25, -0.2) is 14.8 Å². The Morgan fingerprint density at radius 2 is 2.21 bits per heavy atom. The Morgan fingerprint density at radius 1 is 1.38 bits per heavy atom. The van der Waals surface area contributed by atoms with Gasteiger partial charge in [0.2, 0.25) is 0 Å². The van der Waals surface area contributed by atoms with Crippen LogP contribution in [0.4, 0.5) is 10.5 Å². The Kier molecular flexibility index (Phi) is 5.66. The zero-order valence-corrected chi connectivity index (χ0v) is 14.3. The van der Waals surface area contributed by atoms with Gasteiger partial charge in [-0.1, -0.05) is 0 Å². The van der Waals surface area contributed by atoms with Gasteiger partial charge in [0.1, 0.15) is 0 Å². The third-order valence-electron chi connectivity index (χ3n) is 3.77. The SMILES string of the molecule is Cc1cc(Sc2ncccn2)ccc1NC(=O)NCC1CCOC1. The third kappa shape index (κ3) is 4.69. The molecule has 2 amide bonds. The second-order valence-electron chi connectivity index (χ2n) is 5.67. The highest BCUT2D eigenvalue weighted by Crippen LogP contribution is 2.27. The lowest BCUT2D eigenvalue weighted by molar-refractivity contribution is 0.185. The molecule has 1 fully saturated rings. The topological polar surface area (TPSA) is 76.1 Å². The Balaban J connectivity index is 1.55. The first-order valence-electron chi connectivity index (χ1n) is 7.89. The maximum Gasteiger partial charge on any atom is 0.319 e. The number of carbonyl (C=O) groups is 1. The van der Waals surface area contributed by atoms with Crippen molar-refractivity contribution >= 4 is 23.5 Å². The van der Waals surface area contributed by atoms with E-state index < -0.39 is 0 Å². The van der Waals surface area contributed by atoms with Crippen molar-refractivity contribution in [1.82, 2.24) is 15.3 Å². The average Bonchev–Trinajstić information content (AvgIpc) is 3.10. The molecule has 1 aliphatic heterocycles. The Morgan fingerprint density at radius 3 is 2.92 bits per heavy atom. The van der Waals surface area contributed by atoms with Gasteiger partial charge in [-0.05, 0) is 54.9 Å². The largest absolute Gasteiger partial charge is 0.381 e. The lowest BCUT2D eigenvalue weighted by Gasteiger charge is -2.13. The van der Waals surface area contributed by atoms with Crippen LogP contribution >= 0.6 is 11.8 Å². The third-order valence-corrected chi connectivity index (χ3v) is 4.66. The number of benzene rings is 1. The number of aryl methyl sites for hydroxylation is 1. The van der Waals surface area contributed by atoms with E-state index in [-0.39, 0.29) is 6.03 Å². The van der Waals surface area contributed by atoms with Crippen LogP contribution in [0.5, 0.6) is 0 Å². The van der Waals surface area contributed by atoms with Crippen LogP contribution in [0.15, 0.2) is 46.7 Å². The minimum atomic E-state index is -0.184. The molecule has 0 saturated carbocycles. The molecule has 1 aromatic heterocycles. The fourth-order valence-corrected chi connectivity index (χ4v) is 3.24. The van der Waals surface area contributed by atoms with Gasteiger partial charge in [-0.3, -0.25) is 0 Å². The van der Waals surface area contributed by atoms with Gasteiger partial charge < -0.3 is 15.4 Å². The number of carbonyl (C=O) groups excluding carboxylic acids is 1. The van der Waals surface area contributed by atoms with E-state index in [2.05, 4.69) is 20.6 Å². The predicted molar refractivity (Wildman–Crippen MR) is 93.3 cm³/mol. The fraction of sp³-hybridized carbons (Fsp3) is 0.353. The van der Waals surface area contributed by atoms with Crippen LogP contribution in [0.1, 0.15) is 12.0 Å². The van der Waals surface area contributed by atoms with Gasteiger partial charge >= 0.3 is 6.03 Å². The normalized spacial score (nSPS) is 16.8. The van der Waals surface area contributed by atoms with Gasteiger partial charge in [0.05, 0.1) is 6.61 Å². The monoisotopic (exact) mass is 344 g/mol. The lowest BCUT2D eigenvalue weighted by atomic mass is 10.1. The first kappa shape index (κ1) is 16.7. The Bertz CT molecular complexity index is 690. The van der Waals surface area contributed by atoms with Crippen LogP contribution in [0, 0.1) is 12.8 Å². The minimum Gasteiger partial charge on any atom is -0.381 e. The number of rotatable bonds is 5. The van der Waals surface area contributed by atoms with Gasteiger partial charge in [0, 0.05) is 42.0 Å². The Hall–Kier alpha value is -2.12. The molecule has 2 heterocycles. The molecule has 1 saturated heterocycles. The second kappa shape index (κ2) is 8.12. The number of hydrogen-bond acceptors (Lipinski definition) is 5. The van der Waals surface area contributed by atoms with Crippen molar-refractivity contribution in [3.8, 4) is 0 Å². The number of nitrogens with one attached hydrogen (secondary N) is 2. The van der Waals surface area contributed by atoms with Crippen molar-refractivity contribution in [3.05, 3.63) is 42.2 Å². The molecule has 3 rings (SSSR count). The Labute approximate surface area is 145 Å². The number of nitrogens with zero attached hydrogens (tertiary/aromatic N) is 2. The summed E-state index contributed by atoms with van der Waals surface area (Å²) in [5, 5.41) is 6.50. The van der Waals surface area contributed by atoms with Crippen LogP contribution in [0.3, 0.4) is 0 Å². The van der Waals surface area contributed by atoms with Gasteiger partial charge in [-0.2, -0.15) is 0 Å². The molecule has 7 heteroatoms. The number of aromatic nitrogens is 2. The molecular weight excluding hydrogens is 324 g/mol. The second-order valence-corrected chi connectivity index (χ2v) is 6.72. The van der Waals surface area contributed by atoms with Gasteiger partial charge in [0.25, 0.3) is 0 Å². The van der Waals surface area contributed by atoms with E-state index in [9.17, 15) is 4.79 Å². The standard InChI is InChI=1S/C17H20N4O2S/c1-12-9-14(24-17-18-6-2-7-19-17)3-4-15(12)21-16(22)20-10-13-5-8-23-11-13/h2-4,6-7,9,13H,5,8,10-11H2,1H3,(H2,20,21,22). The number of anilines is 1. The summed E-state index contributed by atoms with van der Waals surface area (Å²) in [5.41, 5.74) is 1.80. The molecule has 0 radical (unpaired) electrons. The first-order chi connectivity index (χ1) is 11.7. The molecule has 126 valence electrons. The zero-order valence-electron chi connectivity index (χ0n) is 13.5. The molecule has 2 aromatic rings. The molecular formula is C17H20N4O2S. The summed E-state index contributed by atoms with van der Waals surface area (Å²) in [5.74, 6) is 0.418. The summed E-state index contributed by atoms with van der Waals surface area (Å²) in [6.45, 7) is 4.13. The van der Waals surface area contributed by atoms with Crippen molar-refractivity contribution in [2.45, 2.75) is 23.4 Å². The molecule has 0 bridgehead atoms. The molecule has 24 heavy (non-hydrogen) atoms. The number of urea groups is 1. The van der Waals surface area contributed by atoms with E-state index in [0.717, 1.165) is 35.8 Å². The molecule has 1 aliphatic rings. The summed E-state index contributed by atoms with van der Waals surface area (Å²) in [6, 6.07) is 7.48. The smallest absolute Gasteiger partial charge is 0.319 e. The summed E-state index contributed by atoms with van der Waals surface area (Å²) in [4.78, 5) is 21.4. The summed E-state index contributed by atoms with van der Waals surface area (Å²) in [7, 11) is 0. The highest BCUT2D eigenvalue weighted by molar-refractivity contribution is 7.99. The van der Waals surface area contributed by atoms with Crippen molar-refractivity contribution in [2.75, 3.05) is 25.1 Å². The first-order valence-corrected chi connectivity index (χ1v) is 8.70. The van der Waals surface area contributed by atoms with Crippen LogP contribution in [-0.4, -0.2) is 35.8 Å². The van der Waals surface area contributed by atoms with E-state index in [1.807, 2.05) is 25.1 Å². The van der Waals surface area contributed by atoms with E-state index >= 15 is 0 Å². The summed E-state index contributed by atoms with van der Waals surface area (Å²) >= 11 is 1.49. The predicted octanol–water partition coefficient (Wildman–Crippen LogP) is 3.09. The van der Waals surface area contributed by atoms with Gasteiger partial charge in [-0.15, -0.1) is 0 Å². The maximum absolute atomic E-state index is 12.0. The van der Waals surface area contributed by atoms with E-state index in [1.54, 1.807) is 18.5 Å². The number of hydrogen-bond donors (Lipinski definition) is 2. The fourth-order valence-electron chi connectivity index (χ4n) is 2.43. The maximum atomic E-state index is 12.0. The van der Waals surface area contributed by atoms with Crippen LogP contribution in [0.25, 0.3) is 0 Å². The van der Waals surface area contributed by atoms with Crippen LogP contribution in [-0.2, 0) is 4.74 Å². The van der Waals surface area contributed by atoms with E-state index in [1.165, 1.54) is 11.8 Å². The molecule has 1 aromatic carbocycles. The quantitative estimate of drug-likeness (QED) is 0.815. The minimum absolute atomic E-state index is 0.184. The average molecular weight is 344 g/mol. The molecule has 0 spiro atoms. The summed E-state index contributed by atoms with van der Waals surface area (Å²) < 4.78 is 5.30. The summed E-state index contributed by atoms with van der Waals surface area (Å²) in [6.07, 6.45) is 4.45. The van der Waals surface area contributed by atoms with Crippen molar-refractivity contribution in [1.29, 1.82) is 0 Å². The number of ether oxygens (including phenoxy) is 1. The van der Waals surface area contributed by atoms with Crippen molar-refractivity contribution < 1.29 is 9.53 Å². The van der Waals surface area contributed by atoms with Crippen LogP contribution in [0.2, 0.25) is 0 Å². The molecule has 0 aliphatic carbocycles. The molecule has 2 N–H and O–H groups in total. The molecule has 1 unspecified atom stereocenters. The lowest BCUT2D eigenvalue weighted by Crippen LogP contribution is -2.33. The van der Waals surface area contributed by atoms with E-state index in [4.69, 9.17) is 4.74 Å². The molecule has 1 atom stereocenters. The number of amides is 2. The van der Waals surface area contributed by atoms with Crippen molar-refractivity contribution in [3.63, 3.8) is 0 Å². The highest BCUT2D eigenvalue weighted by atomic mass is 32.2. The van der Waals surface area contributed by atoms with Gasteiger partial charge in [0.15, 0.2) is 5.16 Å².